The van der Waals surface area contributed by atoms with Gasteiger partial charge < -0.3 is 4.42 Å². The molecule has 0 saturated carbocycles. The fourth-order valence-corrected chi connectivity index (χ4v) is 1.69. The molecule has 2 aromatic rings. The average molecular weight is 217 g/mol. The van der Waals surface area contributed by atoms with Crippen LogP contribution in [0, 0.1) is 6.92 Å². The highest BCUT2D eigenvalue weighted by atomic mass is 16.3. The second-order valence-electron chi connectivity index (χ2n) is 3.73. The van der Waals surface area contributed by atoms with Crippen LogP contribution in [0.1, 0.15) is 23.1 Å². The van der Waals surface area contributed by atoms with Crippen LogP contribution >= 0.6 is 0 Å². The van der Waals surface area contributed by atoms with E-state index >= 15 is 0 Å². The van der Waals surface area contributed by atoms with Crippen molar-refractivity contribution in [2.45, 2.75) is 19.4 Å². The fraction of sp³-hybridized carbons (Fsp3) is 0.250. The molecule has 0 bridgehead atoms. The van der Waals surface area contributed by atoms with Gasteiger partial charge in [-0.3, -0.25) is 16.3 Å². The summed E-state index contributed by atoms with van der Waals surface area (Å²) >= 11 is 0. The Morgan fingerprint density at radius 1 is 1.50 bits per heavy atom. The first-order chi connectivity index (χ1) is 7.79. The van der Waals surface area contributed by atoms with Gasteiger partial charge in [0.1, 0.15) is 5.76 Å². The largest absolute Gasteiger partial charge is 0.469 e. The lowest BCUT2D eigenvalue weighted by molar-refractivity contribution is 0.454. The Kier molecular flexibility index (Phi) is 3.34. The van der Waals surface area contributed by atoms with Gasteiger partial charge in [-0.25, -0.2) is 0 Å². The van der Waals surface area contributed by atoms with Crippen LogP contribution in [0.5, 0.6) is 0 Å². The summed E-state index contributed by atoms with van der Waals surface area (Å²) in [5.74, 6) is 6.47. The standard InChI is InChI=1S/C12H15N3O/c1-9-7-10(4-5-14-9)12(15-13)8-11-3-2-6-16-11/h2-7,12,15H,8,13H2,1H3. The van der Waals surface area contributed by atoms with Gasteiger partial charge in [0.05, 0.1) is 12.3 Å². The molecule has 2 aromatic heterocycles. The molecular weight excluding hydrogens is 202 g/mol. The molecule has 0 radical (unpaired) electrons. The van der Waals surface area contributed by atoms with E-state index in [2.05, 4.69) is 10.4 Å². The van der Waals surface area contributed by atoms with Crippen molar-refractivity contribution in [1.29, 1.82) is 0 Å². The molecule has 2 heterocycles. The summed E-state index contributed by atoms with van der Waals surface area (Å²) < 4.78 is 5.31. The monoisotopic (exact) mass is 217 g/mol. The fourth-order valence-electron chi connectivity index (χ4n) is 1.69. The maximum atomic E-state index is 5.56. The second-order valence-corrected chi connectivity index (χ2v) is 3.73. The van der Waals surface area contributed by atoms with Crippen molar-refractivity contribution in [1.82, 2.24) is 10.4 Å². The third kappa shape index (κ3) is 2.48. The Labute approximate surface area is 94.5 Å². The van der Waals surface area contributed by atoms with Gasteiger partial charge in [-0.1, -0.05) is 0 Å². The number of aromatic nitrogens is 1. The van der Waals surface area contributed by atoms with Gasteiger partial charge in [0, 0.05) is 18.3 Å². The van der Waals surface area contributed by atoms with Crippen LogP contribution in [0.4, 0.5) is 0 Å². The Morgan fingerprint density at radius 3 is 3.00 bits per heavy atom. The van der Waals surface area contributed by atoms with Crippen LogP contribution in [0.3, 0.4) is 0 Å². The number of aryl methyl sites for hydroxylation is 1. The number of hydrogen-bond donors (Lipinski definition) is 2. The highest BCUT2D eigenvalue weighted by Crippen LogP contribution is 2.18. The van der Waals surface area contributed by atoms with E-state index in [-0.39, 0.29) is 6.04 Å². The first-order valence-electron chi connectivity index (χ1n) is 5.20. The lowest BCUT2D eigenvalue weighted by Gasteiger charge is -2.15. The minimum absolute atomic E-state index is 0.0489. The molecule has 0 aliphatic rings. The molecule has 0 aliphatic carbocycles. The summed E-state index contributed by atoms with van der Waals surface area (Å²) in [5, 5.41) is 0. The number of pyridine rings is 1. The molecule has 16 heavy (non-hydrogen) atoms. The first kappa shape index (κ1) is 10.9. The highest BCUT2D eigenvalue weighted by Gasteiger charge is 2.12. The van der Waals surface area contributed by atoms with Gasteiger partial charge in [0.25, 0.3) is 0 Å². The van der Waals surface area contributed by atoms with E-state index in [9.17, 15) is 0 Å². The Bertz CT molecular complexity index is 439. The van der Waals surface area contributed by atoms with Crippen LogP contribution in [0.25, 0.3) is 0 Å². The van der Waals surface area contributed by atoms with E-state index < -0.39 is 0 Å². The molecule has 0 fully saturated rings. The molecule has 4 heteroatoms. The number of rotatable bonds is 4. The average Bonchev–Trinajstić information content (AvgIpc) is 2.78. The quantitative estimate of drug-likeness (QED) is 0.604. The van der Waals surface area contributed by atoms with E-state index in [0.717, 1.165) is 23.4 Å². The maximum absolute atomic E-state index is 5.56. The third-order valence-electron chi connectivity index (χ3n) is 2.51. The van der Waals surface area contributed by atoms with Crippen molar-refractivity contribution < 1.29 is 4.42 Å². The molecule has 0 aromatic carbocycles. The highest BCUT2D eigenvalue weighted by molar-refractivity contribution is 5.21. The number of nitrogens with two attached hydrogens (primary N) is 1. The van der Waals surface area contributed by atoms with Crippen LogP contribution in [-0.2, 0) is 6.42 Å². The van der Waals surface area contributed by atoms with Gasteiger partial charge in [-0.2, -0.15) is 0 Å². The zero-order valence-corrected chi connectivity index (χ0v) is 9.18. The molecule has 0 amide bonds. The SMILES string of the molecule is Cc1cc(C(Cc2ccco2)NN)ccn1. The maximum Gasteiger partial charge on any atom is 0.105 e. The normalized spacial score (nSPS) is 12.6. The first-order valence-corrected chi connectivity index (χ1v) is 5.20. The van der Waals surface area contributed by atoms with E-state index in [4.69, 9.17) is 10.3 Å². The molecule has 2 rings (SSSR count). The molecule has 0 spiro atoms. The van der Waals surface area contributed by atoms with Crippen LogP contribution < -0.4 is 11.3 Å². The number of hydrogen-bond acceptors (Lipinski definition) is 4. The lowest BCUT2D eigenvalue weighted by atomic mass is 10.0. The number of furan rings is 1. The molecule has 0 saturated heterocycles. The van der Waals surface area contributed by atoms with Crippen molar-refractivity contribution in [2.24, 2.45) is 5.84 Å². The Balaban J connectivity index is 2.16. The molecule has 3 N–H and O–H groups in total. The van der Waals surface area contributed by atoms with Crippen molar-refractivity contribution in [3.8, 4) is 0 Å². The smallest absolute Gasteiger partial charge is 0.105 e. The van der Waals surface area contributed by atoms with Crippen molar-refractivity contribution in [2.75, 3.05) is 0 Å². The van der Waals surface area contributed by atoms with Crippen molar-refractivity contribution >= 4 is 0 Å². The molecule has 84 valence electrons. The molecular formula is C12H15N3O. The summed E-state index contributed by atoms with van der Waals surface area (Å²) in [5.41, 5.74) is 4.90. The zero-order chi connectivity index (χ0) is 11.4. The number of nitrogens with zero attached hydrogens (tertiary/aromatic N) is 1. The van der Waals surface area contributed by atoms with Crippen molar-refractivity contribution in [3.05, 3.63) is 53.7 Å². The van der Waals surface area contributed by atoms with Gasteiger partial charge in [0.15, 0.2) is 0 Å². The van der Waals surface area contributed by atoms with Crippen LogP contribution in [0.2, 0.25) is 0 Å². The predicted molar refractivity (Wildman–Crippen MR) is 61.5 cm³/mol. The Hall–Kier alpha value is -1.65. The van der Waals surface area contributed by atoms with Gasteiger partial charge in [0.2, 0.25) is 0 Å². The van der Waals surface area contributed by atoms with E-state index in [1.807, 2.05) is 31.2 Å². The number of hydrazine groups is 1. The third-order valence-corrected chi connectivity index (χ3v) is 2.51. The van der Waals surface area contributed by atoms with E-state index in [0.29, 0.717) is 0 Å². The van der Waals surface area contributed by atoms with Gasteiger partial charge in [-0.15, -0.1) is 0 Å². The minimum Gasteiger partial charge on any atom is -0.469 e. The topological polar surface area (TPSA) is 64.1 Å². The van der Waals surface area contributed by atoms with Crippen LogP contribution in [-0.4, -0.2) is 4.98 Å². The van der Waals surface area contributed by atoms with Crippen molar-refractivity contribution in [3.63, 3.8) is 0 Å². The molecule has 0 aliphatic heterocycles. The van der Waals surface area contributed by atoms with E-state index in [1.54, 1.807) is 12.5 Å². The second kappa shape index (κ2) is 4.92. The summed E-state index contributed by atoms with van der Waals surface area (Å²) in [7, 11) is 0. The van der Waals surface area contributed by atoms with Gasteiger partial charge >= 0.3 is 0 Å². The minimum atomic E-state index is 0.0489. The molecule has 4 nitrogen and oxygen atoms in total. The van der Waals surface area contributed by atoms with Crippen LogP contribution in [0.15, 0.2) is 41.1 Å². The van der Waals surface area contributed by atoms with Gasteiger partial charge in [-0.05, 0) is 36.8 Å². The lowest BCUT2D eigenvalue weighted by Crippen LogP contribution is -2.29. The Morgan fingerprint density at radius 2 is 2.38 bits per heavy atom. The predicted octanol–water partition coefficient (Wildman–Crippen LogP) is 1.73. The summed E-state index contributed by atoms with van der Waals surface area (Å²) in [6.07, 6.45) is 4.19. The summed E-state index contributed by atoms with van der Waals surface area (Å²) in [6.45, 7) is 1.96. The summed E-state index contributed by atoms with van der Waals surface area (Å²) in [6, 6.07) is 7.85. The van der Waals surface area contributed by atoms with E-state index in [1.165, 1.54) is 0 Å². The molecule has 1 atom stereocenters. The summed E-state index contributed by atoms with van der Waals surface area (Å²) in [4.78, 5) is 4.16. The number of nitrogens with one attached hydrogen (secondary N) is 1. The zero-order valence-electron chi connectivity index (χ0n) is 9.18. The molecule has 1 unspecified atom stereocenters.